The standard InChI is InChI=1S/2C48H39.C2H7Si.2ClH.Zr/c2*1-5-13-38-34(9-1)24-35-10-2-6-14-39(35)46(38)42-17-18-43(47-40-15-7-3-11-36(40)25-37-12-4-8-16-41(37)47)45-23-33(22-44(42)45)29-48-26-30-19-31(27-48)21-32(20-30)28-48;1-3-2;;;/h2*1-18,22-25,30-32H,19-21,26-29H2;3H,1-2H3;2*1H;/q;;;;;+2/p-2. The van der Waals surface area contributed by atoms with E-state index in [-0.39, 0.29) is 18.1 Å². The molecule has 0 nitrogen and oxygen atoms in total. The summed E-state index contributed by atoms with van der Waals surface area (Å²) in [4.78, 5) is 0. The van der Waals surface area contributed by atoms with Crippen LogP contribution in [-0.2, 0) is 15.6 Å². The predicted octanol–water partition coefficient (Wildman–Crippen LogP) is 28.4. The summed E-state index contributed by atoms with van der Waals surface area (Å²) in [5, 5.41) is 20.5. The van der Waals surface area contributed by atoms with Crippen molar-refractivity contribution in [1.29, 1.82) is 0 Å². The molecule has 0 saturated heterocycles. The van der Waals surface area contributed by atoms with Crippen LogP contribution >= 0.6 is 17.0 Å². The third-order valence-corrected chi connectivity index (χ3v) is 80.1. The van der Waals surface area contributed by atoms with Crippen LogP contribution in [0.1, 0.15) is 119 Å². The molecule has 14 aromatic rings. The first-order chi connectivity index (χ1) is 49.9. The van der Waals surface area contributed by atoms with Crippen molar-refractivity contribution < 1.29 is 15.6 Å². The van der Waals surface area contributed by atoms with Gasteiger partial charge in [0.25, 0.3) is 0 Å². The summed E-state index contributed by atoms with van der Waals surface area (Å²) in [6.07, 6.45) is 24.2. The Morgan fingerprint density at radius 1 is 0.304 bits per heavy atom. The topological polar surface area (TPSA) is 0 Å². The minimum absolute atomic E-state index is 0.187. The monoisotopic (exact) mass is 1450 g/mol. The molecule has 499 valence electrons. The van der Waals surface area contributed by atoms with Crippen LogP contribution in [0.4, 0.5) is 0 Å². The fourth-order valence-electron chi connectivity index (χ4n) is 25.5. The Hall–Kier alpha value is -7.68. The van der Waals surface area contributed by atoms with E-state index < -0.39 is 21.5 Å². The quantitative estimate of drug-likeness (QED) is 0.0894. The summed E-state index contributed by atoms with van der Waals surface area (Å²) in [5.41, 5.74) is 19.7. The zero-order chi connectivity index (χ0) is 67.6. The molecule has 2 atom stereocenters. The van der Waals surface area contributed by atoms with Gasteiger partial charge in [-0.15, -0.1) is 0 Å². The summed E-state index contributed by atoms with van der Waals surface area (Å²) in [6, 6.07) is 94.4. The fourth-order valence-corrected chi connectivity index (χ4v) is 56.5. The SMILES string of the molecule is C[SiH](C)[Zr]([Cl])([Cl])([CH]1C(CC23CC4CC(CC(C4)C2)C3)=Cc2c(-c3c4ccccc4cc4ccccc34)ccc(-c3c4ccccc4cc4ccccc34)c21)[CH]1C(CC23CC4CC(CC(C4)C2)C3)=Cc2c(-c3c4ccccc4cc4ccccc34)ccc(-c3c4ccccc4cc4ccccc34)c21. The molecular formula is C98H85Cl2SiZr. The van der Waals surface area contributed by atoms with E-state index >= 15 is 0 Å². The van der Waals surface area contributed by atoms with E-state index in [0.29, 0.717) is 0 Å². The number of allylic oxidation sites excluding steroid dienone is 2. The van der Waals surface area contributed by atoms with Crippen LogP contribution in [0.15, 0.2) is 254 Å². The Labute approximate surface area is 608 Å². The number of benzene rings is 14. The molecule has 0 N–H and O–H groups in total. The summed E-state index contributed by atoms with van der Waals surface area (Å²) in [6.45, 7) is 5.38. The van der Waals surface area contributed by atoms with E-state index in [4.69, 9.17) is 0 Å². The van der Waals surface area contributed by atoms with Gasteiger partial charge in [0.05, 0.1) is 0 Å². The number of hydrogen-bond donors (Lipinski definition) is 0. The van der Waals surface area contributed by atoms with Crippen LogP contribution in [-0.4, -0.2) is 5.92 Å². The molecule has 8 fully saturated rings. The molecule has 102 heavy (non-hydrogen) atoms. The molecule has 14 aromatic carbocycles. The average Bonchev–Trinajstić information content (AvgIpc) is 1.47. The number of hydrogen-bond acceptors (Lipinski definition) is 0. The van der Waals surface area contributed by atoms with Gasteiger partial charge in [0.2, 0.25) is 0 Å². The zero-order valence-corrected chi connectivity index (χ0v) is 63.7. The zero-order valence-electron chi connectivity index (χ0n) is 58.6. The Morgan fingerprint density at radius 3 is 0.755 bits per heavy atom. The van der Waals surface area contributed by atoms with Crippen molar-refractivity contribution in [2.24, 2.45) is 46.3 Å². The Kier molecular flexibility index (Phi) is 13.7. The second kappa shape index (κ2) is 22.7. The van der Waals surface area contributed by atoms with E-state index in [2.05, 4.69) is 268 Å². The Bertz CT molecular complexity index is 5390. The molecule has 10 aliphatic rings. The molecule has 8 saturated carbocycles. The predicted molar refractivity (Wildman–Crippen MR) is 437 cm³/mol. The first-order valence-electron chi connectivity index (χ1n) is 38.8. The molecule has 0 radical (unpaired) electrons. The van der Waals surface area contributed by atoms with Crippen molar-refractivity contribution in [1.82, 2.24) is 0 Å². The van der Waals surface area contributed by atoms with Crippen LogP contribution in [0.2, 0.25) is 13.1 Å². The molecule has 0 spiro atoms. The molecule has 0 heterocycles. The van der Waals surface area contributed by atoms with E-state index in [0.717, 1.165) is 48.3 Å². The van der Waals surface area contributed by atoms with Crippen LogP contribution < -0.4 is 0 Å². The fraction of sp³-hybridized carbons (Fsp3) is 0.265. The molecule has 0 aromatic heterocycles. The first-order valence-corrected chi connectivity index (χ1v) is 55.2. The number of rotatable bonds is 11. The van der Waals surface area contributed by atoms with E-state index in [1.165, 1.54) is 230 Å². The second-order valence-electron chi connectivity index (χ2n) is 34.6. The van der Waals surface area contributed by atoms with E-state index in [1.807, 2.05) is 0 Å². The molecule has 24 rings (SSSR count). The van der Waals surface area contributed by atoms with Gasteiger partial charge in [-0.05, 0) is 0 Å². The van der Waals surface area contributed by atoms with E-state index in [9.17, 15) is 17.0 Å². The molecule has 4 heteroatoms. The number of halogens is 2. The van der Waals surface area contributed by atoms with Crippen molar-refractivity contribution in [3.8, 4) is 44.5 Å². The van der Waals surface area contributed by atoms with Gasteiger partial charge in [-0.25, -0.2) is 0 Å². The van der Waals surface area contributed by atoms with Crippen molar-refractivity contribution in [2.45, 2.75) is 110 Å². The third kappa shape index (κ3) is 9.13. The van der Waals surface area contributed by atoms with Gasteiger partial charge in [0, 0.05) is 0 Å². The first kappa shape index (κ1) is 61.8. The average molecular weight is 1450 g/mol. The van der Waals surface area contributed by atoms with Gasteiger partial charge in [-0.3, -0.25) is 0 Å². The maximum absolute atomic E-state index is 10.7. The molecule has 10 aliphatic carbocycles. The Morgan fingerprint density at radius 2 is 0.520 bits per heavy atom. The van der Waals surface area contributed by atoms with Gasteiger partial charge < -0.3 is 0 Å². The van der Waals surface area contributed by atoms with Gasteiger partial charge in [0.15, 0.2) is 0 Å². The van der Waals surface area contributed by atoms with Crippen LogP contribution in [0.25, 0.3) is 143 Å². The molecule has 8 bridgehead atoms. The molecule has 2 unspecified atom stereocenters. The van der Waals surface area contributed by atoms with Gasteiger partial charge in [-0.1, -0.05) is 0 Å². The van der Waals surface area contributed by atoms with E-state index in [1.54, 1.807) is 11.1 Å². The third-order valence-electron chi connectivity index (χ3n) is 28.4. The van der Waals surface area contributed by atoms with Crippen molar-refractivity contribution >= 4 is 121 Å². The molecular weight excluding hydrogens is 1370 g/mol. The van der Waals surface area contributed by atoms with Crippen LogP contribution in [0.3, 0.4) is 0 Å². The van der Waals surface area contributed by atoms with Gasteiger partial charge in [0.1, 0.15) is 0 Å². The summed E-state index contributed by atoms with van der Waals surface area (Å²) >= 11 is -6.16. The maximum atomic E-state index is 10.7. The molecule has 0 aliphatic heterocycles. The number of fused-ring (bicyclic) bond motifs is 10. The summed E-state index contributed by atoms with van der Waals surface area (Å²) in [5.74, 6) is 2.45. The minimum atomic E-state index is -6.16. The normalized spacial score (nSPS) is 25.8. The van der Waals surface area contributed by atoms with Crippen LogP contribution in [0.5, 0.6) is 0 Å². The summed E-state index contributed by atoms with van der Waals surface area (Å²) in [7, 11) is 21.4. The van der Waals surface area contributed by atoms with Crippen LogP contribution in [0, 0.1) is 46.3 Å². The Balaban J connectivity index is 0.907. The van der Waals surface area contributed by atoms with Crippen molar-refractivity contribution in [3.63, 3.8) is 0 Å². The van der Waals surface area contributed by atoms with Crippen molar-refractivity contribution in [3.05, 3.63) is 276 Å². The van der Waals surface area contributed by atoms with Crippen molar-refractivity contribution in [2.75, 3.05) is 0 Å². The molecule has 0 amide bonds. The second-order valence-corrected chi connectivity index (χ2v) is 77.1. The van der Waals surface area contributed by atoms with Gasteiger partial charge >= 0.3 is 614 Å². The summed E-state index contributed by atoms with van der Waals surface area (Å²) < 4.78 is -0.374. The van der Waals surface area contributed by atoms with Gasteiger partial charge in [-0.2, -0.15) is 0 Å².